The Morgan fingerprint density at radius 1 is 1.35 bits per heavy atom. The van der Waals surface area contributed by atoms with Gasteiger partial charge in [-0.15, -0.1) is 11.3 Å². The van der Waals surface area contributed by atoms with Gasteiger partial charge in [0.2, 0.25) is 0 Å². The fourth-order valence-electron chi connectivity index (χ4n) is 1.34. The molecule has 1 aromatic heterocycles. The Balaban J connectivity index is 2.31. The van der Waals surface area contributed by atoms with Gasteiger partial charge in [-0.05, 0) is 23.6 Å². The lowest BCUT2D eigenvalue weighted by molar-refractivity contribution is 0.0694. The second-order valence-corrected chi connectivity index (χ2v) is 5.41. The van der Waals surface area contributed by atoms with Gasteiger partial charge in [0.15, 0.2) is 0 Å². The van der Waals surface area contributed by atoms with Crippen LogP contribution in [0.4, 0.5) is 0 Å². The van der Waals surface area contributed by atoms with Crippen LogP contribution in [-0.2, 0) is 0 Å². The van der Waals surface area contributed by atoms with Gasteiger partial charge in [0.1, 0.15) is 5.75 Å². The topological polar surface area (TPSA) is 46.5 Å². The fraction of sp³-hybridized carbons (Fsp3) is 0.0833. The number of hydrogen-bond donors (Lipinski definition) is 1. The van der Waals surface area contributed by atoms with Crippen LogP contribution in [0.25, 0.3) is 0 Å². The summed E-state index contributed by atoms with van der Waals surface area (Å²) in [5.74, 6) is -0.147. The van der Waals surface area contributed by atoms with Crippen molar-refractivity contribution in [2.24, 2.45) is 0 Å². The third-order valence-electron chi connectivity index (χ3n) is 2.13. The lowest BCUT2D eigenvalue weighted by Gasteiger charge is -2.06. The van der Waals surface area contributed by atoms with Crippen LogP contribution < -0.4 is 4.74 Å². The average molecular weight is 266 g/mol. The third kappa shape index (κ3) is 2.62. The molecule has 0 aliphatic carbocycles. The lowest BCUT2D eigenvalue weighted by Crippen LogP contribution is -1.94. The maximum Gasteiger partial charge on any atom is 0.337 e. The van der Waals surface area contributed by atoms with E-state index in [4.69, 9.17) is 9.84 Å². The van der Waals surface area contributed by atoms with Crippen LogP contribution >= 0.6 is 23.1 Å². The molecule has 0 atom stereocenters. The van der Waals surface area contributed by atoms with Crippen molar-refractivity contribution in [1.82, 2.24) is 0 Å². The molecule has 0 bridgehead atoms. The quantitative estimate of drug-likeness (QED) is 0.918. The number of aromatic carboxylic acids is 1. The zero-order valence-electron chi connectivity index (χ0n) is 9.04. The van der Waals surface area contributed by atoms with Crippen molar-refractivity contribution in [3.05, 3.63) is 41.3 Å². The number of carbonyl (C=O) groups is 1. The number of hydrogen-bond acceptors (Lipinski definition) is 4. The summed E-state index contributed by atoms with van der Waals surface area (Å²) < 4.78 is 6.00. The lowest BCUT2D eigenvalue weighted by atomic mass is 10.3. The molecular weight excluding hydrogens is 256 g/mol. The van der Waals surface area contributed by atoms with Crippen molar-refractivity contribution in [3.8, 4) is 5.75 Å². The second kappa shape index (κ2) is 5.25. The number of ether oxygens (including phenoxy) is 1. The van der Waals surface area contributed by atoms with Crippen LogP contribution in [-0.4, -0.2) is 18.2 Å². The molecule has 1 N–H and O–H groups in total. The van der Waals surface area contributed by atoms with Crippen LogP contribution in [0.5, 0.6) is 5.75 Å². The van der Waals surface area contributed by atoms with Gasteiger partial charge in [0.05, 0.1) is 21.8 Å². The summed E-state index contributed by atoms with van der Waals surface area (Å²) in [5.41, 5.74) is 0.339. The minimum absolute atomic E-state index is 0.339. The number of thiophene rings is 1. The van der Waals surface area contributed by atoms with Crippen LogP contribution in [0, 0.1) is 0 Å². The first-order chi connectivity index (χ1) is 8.22. The average Bonchev–Trinajstić information content (AvgIpc) is 2.78. The molecule has 2 rings (SSSR count). The Kier molecular flexibility index (Phi) is 3.71. The molecule has 1 aromatic carbocycles. The van der Waals surface area contributed by atoms with Crippen LogP contribution in [0.15, 0.2) is 44.8 Å². The van der Waals surface area contributed by atoms with Crippen molar-refractivity contribution in [1.29, 1.82) is 0 Å². The maximum absolute atomic E-state index is 11.0. The molecule has 0 unspecified atom stereocenters. The monoisotopic (exact) mass is 266 g/mol. The molecule has 0 radical (unpaired) electrons. The Morgan fingerprint density at radius 2 is 2.12 bits per heavy atom. The highest BCUT2D eigenvalue weighted by molar-refractivity contribution is 8.01. The predicted molar refractivity (Wildman–Crippen MR) is 68.4 cm³/mol. The van der Waals surface area contributed by atoms with E-state index in [1.54, 1.807) is 18.6 Å². The first kappa shape index (κ1) is 12.0. The predicted octanol–water partition coefficient (Wildman–Crippen LogP) is 3.61. The van der Waals surface area contributed by atoms with Gasteiger partial charge in [-0.2, -0.15) is 0 Å². The number of methoxy groups -OCH3 is 1. The first-order valence-corrected chi connectivity index (χ1v) is 6.53. The largest absolute Gasteiger partial charge is 0.496 e. The Morgan fingerprint density at radius 3 is 2.82 bits per heavy atom. The molecule has 88 valence electrons. The Labute approximate surface area is 107 Å². The molecule has 17 heavy (non-hydrogen) atoms. The minimum atomic E-state index is -0.899. The van der Waals surface area contributed by atoms with Crippen molar-refractivity contribution in [2.45, 2.75) is 9.10 Å². The van der Waals surface area contributed by atoms with Gasteiger partial charge < -0.3 is 9.84 Å². The summed E-state index contributed by atoms with van der Waals surface area (Å²) in [6.07, 6.45) is 0. The highest BCUT2D eigenvalue weighted by Gasteiger charge is 2.14. The summed E-state index contributed by atoms with van der Waals surface area (Å²) in [4.78, 5) is 11.9. The number of carboxylic acid groups (broad SMARTS) is 1. The standard InChI is InChI=1S/C12H10O3S2/c1-15-9-4-2-3-5-10(9)17-12-8(11(13)14)6-7-16-12/h2-7H,1H3,(H,13,14). The van der Waals surface area contributed by atoms with E-state index in [9.17, 15) is 4.79 Å². The van der Waals surface area contributed by atoms with E-state index in [1.165, 1.54) is 23.1 Å². The Hall–Kier alpha value is -1.46. The van der Waals surface area contributed by atoms with E-state index in [2.05, 4.69) is 0 Å². The van der Waals surface area contributed by atoms with Gasteiger partial charge in [-0.25, -0.2) is 4.79 Å². The van der Waals surface area contributed by atoms with E-state index in [0.717, 1.165) is 14.9 Å². The summed E-state index contributed by atoms with van der Waals surface area (Å²) in [6, 6.07) is 9.17. The molecule has 1 heterocycles. The van der Waals surface area contributed by atoms with Crippen LogP contribution in [0.1, 0.15) is 10.4 Å². The van der Waals surface area contributed by atoms with Crippen LogP contribution in [0.2, 0.25) is 0 Å². The molecule has 0 aliphatic heterocycles. The molecule has 0 aliphatic rings. The molecule has 2 aromatic rings. The molecule has 0 saturated heterocycles. The van der Waals surface area contributed by atoms with Crippen molar-refractivity contribution >= 4 is 29.1 Å². The molecule has 0 amide bonds. The molecule has 0 fully saturated rings. The third-order valence-corrected chi connectivity index (χ3v) is 4.34. The van der Waals surface area contributed by atoms with E-state index < -0.39 is 5.97 Å². The van der Waals surface area contributed by atoms with Crippen molar-refractivity contribution < 1.29 is 14.6 Å². The maximum atomic E-state index is 11.0. The SMILES string of the molecule is COc1ccccc1Sc1sccc1C(=O)O. The van der Waals surface area contributed by atoms with Crippen molar-refractivity contribution in [2.75, 3.05) is 7.11 Å². The van der Waals surface area contributed by atoms with Crippen molar-refractivity contribution in [3.63, 3.8) is 0 Å². The normalized spacial score (nSPS) is 10.2. The van der Waals surface area contributed by atoms with E-state index in [0.29, 0.717) is 5.56 Å². The number of rotatable bonds is 4. The highest BCUT2D eigenvalue weighted by Crippen LogP contribution is 2.39. The summed E-state index contributed by atoms with van der Waals surface area (Å²) in [7, 11) is 1.60. The number of benzene rings is 1. The molecule has 3 nitrogen and oxygen atoms in total. The minimum Gasteiger partial charge on any atom is -0.496 e. The fourth-order valence-corrected chi connectivity index (χ4v) is 3.44. The van der Waals surface area contributed by atoms with Gasteiger partial charge in [-0.1, -0.05) is 23.9 Å². The zero-order chi connectivity index (χ0) is 12.3. The smallest absolute Gasteiger partial charge is 0.337 e. The molecule has 0 spiro atoms. The van der Waals surface area contributed by atoms with Gasteiger partial charge in [0.25, 0.3) is 0 Å². The van der Waals surface area contributed by atoms with E-state index in [-0.39, 0.29) is 0 Å². The second-order valence-electron chi connectivity index (χ2n) is 3.18. The highest BCUT2D eigenvalue weighted by atomic mass is 32.2. The zero-order valence-corrected chi connectivity index (χ0v) is 10.7. The van der Waals surface area contributed by atoms with Gasteiger partial charge in [-0.3, -0.25) is 0 Å². The van der Waals surface area contributed by atoms with Crippen LogP contribution in [0.3, 0.4) is 0 Å². The van der Waals surface area contributed by atoms with Gasteiger partial charge in [0, 0.05) is 0 Å². The molecular formula is C12H10O3S2. The first-order valence-electron chi connectivity index (χ1n) is 4.84. The number of para-hydroxylation sites is 1. The van der Waals surface area contributed by atoms with E-state index in [1.807, 2.05) is 24.3 Å². The summed E-state index contributed by atoms with van der Waals surface area (Å²) in [5, 5.41) is 10.8. The summed E-state index contributed by atoms with van der Waals surface area (Å²) >= 11 is 2.83. The molecule has 5 heteroatoms. The molecule has 0 saturated carbocycles. The Bertz CT molecular complexity index is 534. The van der Waals surface area contributed by atoms with Gasteiger partial charge >= 0.3 is 5.97 Å². The van der Waals surface area contributed by atoms with E-state index >= 15 is 0 Å². The summed E-state index contributed by atoms with van der Waals surface area (Å²) in [6.45, 7) is 0. The number of carboxylic acids is 1.